The van der Waals surface area contributed by atoms with E-state index in [0.717, 1.165) is 81.0 Å². The van der Waals surface area contributed by atoms with Gasteiger partial charge in [-0.15, -0.1) is 18.2 Å². The molecule has 319 valence electrons. The fourth-order valence-corrected chi connectivity index (χ4v) is 12.4. The van der Waals surface area contributed by atoms with Gasteiger partial charge in [-0.3, -0.25) is 4.98 Å². The number of hydrogen-bond donors (Lipinski definition) is 0. The van der Waals surface area contributed by atoms with Crippen LogP contribution in [0.25, 0.3) is 92.7 Å². The van der Waals surface area contributed by atoms with Crippen molar-refractivity contribution in [3.05, 3.63) is 175 Å². The summed E-state index contributed by atoms with van der Waals surface area (Å²) in [5.74, 6) is 7.27. The molecule has 0 amide bonds. The second kappa shape index (κ2) is 17.7. The van der Waals surface area contributed by atoms with Gasteiger partial charge in [-0.05, 0) is 58.9 Å². The average molecular weight is 1100 g/mol. The van der Waals surface area contributed by atoms with E-state index >= 15 is 0 Å². The maximum absolute atomic E-state index is 8.60. The molecule has 64 heavy (non-hydrogen) atoms. The van der Waals surface area contributed by atoms with E-state index in [2.05, 4.69) is 80.3 Å². The van der Waals surface area contributed by atoms with E-state index in [1.54, 1.807) is 18.2 Å². The van der Waals surface area contributed by atoms with E-state index in [1.165, 1.54) is 17.4 Å². The Kier molecular flexibility index (Phi) is 9.59. The van der Waals surface area contributed by atoms with Crippen molar-refractivity contribution < 1.29 is 35.5 Å². The molecule has 5 aromatic heterocycles. The Labute approximate surface area is 406 Å². The largest absolute Gasteiger partial charge is 0.455 e. The van der Waals surface area contributed by atoms with Gasteiger partial charge in [-0.25, -0.2) is 4.98 Å². The van der Waals surface area contributed by atoms with Crippen molar-refractivity contribution in [3.63, 3.8) is 0 Å². The molecule has 0 bridgehead atoms. The van der Waals surface area contributed by atoms with Crippen molar-refractivity contribution in [2.45, 2.75) is 51.2 Å². The number of rotatable bonds is 7. The number of benzene rings is 6. The number of aromatic nitrogens is 4. The minimum Gasteiger partial charge on any atom is -0.455 e. The van der Waals surface area contributed by atoms with Gasteiger partial charge >= 0.3 is 139 Å². The van der Waals surface area contributed by atoms with Gasteiger partial charge < -0.3 is 8.98 Å². The van der Waals surface area contributed by atoms with Gasteiger partial charge in [0.1, 0.15) is 16.0 Å². The Balaban J connectivity index is 0.000000204. The number of furan rings is 1. The van der Waals surface area contributed by atoms with E-state index in [9.17, 15) is 0 Å². The molecule has 5 nitrogen and oxygen atoms in total. The minimum atomic E-state index is -2.32. The Hall–Kier alpha value is -5.70. The van der Waals surface area contributed by atoms with Gasteiger partial charge in [0, 0.05) is 40.9 Å². The number of nitrogens with zero attached hydrogens (tertiary/aromatic N) is 4. The smallest absolute Gasteiger partial charge is 0.145 e. The Bertz CT molecular complexity index is 3800. The van der Waals surface area contributed by atoms with Crippen LogP contribution in [0.1, 0.15) is 41.6 Å². The molecule has 0 saturated carbocycles. The zero-order valence-corrected chi connectivity index (χ0v) is 41.2. The van der Waals surface area contributed by atoms with E-state index in [0.29, 0.717) is 21.7 Å². The summed E-state index contributed by atoms with van der Waals surface area (Å²) >= 11 is -0.847. The number of imidazole rings is 1. The van der Waals surface area contributed by atoms with Crippen LogP contribution >= 0.6 is 11.3 Å². The van der Waals surface area contributed by atoms with E-state index in [4.69, 9.17) is 20.4 Å². The third-order valence-electron chi connectivity index (χ3n) is 11.2. The standard InChI is InChI=1S/C37H22N3OS.C19H26GeN.Ir/c1-22-18-19-26-25-13-9-14-28(35(25)42-37(26)38-22)36-39-29-15-6-7-16-30(29)40(36)31-21-20-24(23-10-3-2-4-11-23)34-33(31)27-12-5-8-17-32(27)41-34;1-14(2)11-17-12-19(16-9-7-15(3)8-10-16)21-13-18(17)20(4,5)6;/h2-13,15-21H,1H3;7-9,12-14H,11H2,1-6H3;/q2*-1;/i1D3;3D3,11D2;. The van der Waals surface area contributed by atoms with Gasteiger partial charge in [0.15, 0.2) is 0 Å². The molecular weight excluding hydrogens is 1040 g/mol. The second-order valence-electron chi connectivity index (χ2n) is 17.0. The molecule has 1 radical (unpaired) electrons. The maximum Gasteiger partial charge on any atom is 0.145 e. The number of aryl methyl sites for hydroxylation is 2. The maximum atomic E-state index is 8.60. The Morgan fingerprint density at radius 2 is 1.62 bits per heavy atom. The van der Waals surface area contributed by atoms with Gasteiger partial charge in [-0.2, -0.15) is 11.3 Å². The fraction of sp³-hybridized carbons (Fsp3) is 0.161. The van der Waals surface area contributed by atoms with Crippen LogP contribution in [0.5, 0.6) is 0 Å². The molecule has 0 fully saturated rings. The molecule has 11 rings (SSSR count). The number of hydrogen-bond acceptors (Lipinski definition) is 5. The number of fused-ring (bicyclic) bond motifs is 7. The van der Waals surface area contributed by atoms with Crippen molar-refractivity contribution >= 4 is 82.3 Å². The molecule has 0 saturated heterocycles. The number of thiophene rings is 1. The first kappa shape index (κ1) is 34.7. The summed E-state index contributed by atoms with van der Waals surface area (Å²) in [5, 5.41) is 3.93. The van der Waals surface area contributed by atoms with Gasteiger partial charge in [0.2, 0.25) is 0 Å². The SMILES string of the molecule is [2H]C([2H])([2H])c1c[c-]c(-c2cc(C([2H])([2H])C(C)C)[c]([Ge]([CH3])([CH3])[CH3])cn2)cc1.[2H]C([2H])([2H])c1ccc2c(n1)sc1c(-c3nc4ccccc4n3-c3ccc(-c4ccccc4)c4oc5ccccc5c34)[c-]ccc12.[Ir]. The summed E-state index contributed by atoms with van der Waals surface area (Å²) in [7, 11) is 0. The number of pyridine rings is 2. The second-order valence-corrected chi connectivity index (χ2v) is 28.5. The fourth-order valence-electron chi connectivity index (χ4n) is 8.28. The van der Waals surface area contributed by atoms with E-state index in [-0.39, 0.29) is 37.3 Å². The molecule has 0 spiro atoms. The van der Waals surface area contributed by atoms with Crippen molar-refractivity contribution in [3.8, 4) is 39.5 Å². The first-order valence-electron chi connectivity index (χ1n) is 25.0. The molecule has 0 aliphatic carbocycles. The van der Waals surface area contributed by atoms with Crippen LogP contribution in [0.4, 0.5) is 0 Å². The Morgan fingerprint density at radius 3 is 2.41 bits per heavy atom. The zero-order valence-electron chi connectivity index (χ0n) is 43.9. The van der Waals surface area contributed by atoms with Crippen molar-refractivity contribution in [2.24, 2.45) is 5.92 Å². The van der Waals surface area contributed by atoms with Crippen LogP contribution in [0.15, 0.2) is 150 Å². The molecular formula is C56H48GeIrN4OS-2. The van der Waals surface area contributed by atoms with Crippen molar-refractivity contribution in [1.29, 1.82) is 0 Å². The summed E-state index contributed by atoms with van der Waals surface area (Å²) in [6, 6.07) is 51.2. The molecule has 6 aromatic carbocycles. The molecule has 11 aromatic rings. The van der Waals surface area contributed by atoms with Crippen LogP contribution in [0.2, 0.25) is 17.3 Å². The van der Waals surface area contributed by atoms with Gasteiger partial charge in [0.05, 0.1) is 27.9 Å². The third-order valence-corrected chi connectivity index (χ3v) is 16.5. The molecule has 8 heteroatoms. The monoisotopic (exact) mass is 1100 g/mol. The number of para-hydroxylation sites is 3. The topological polar surface area (TPSA) is 56.7 Å². The van der Waals surface area contributed by atoms with Gasteiger partial charge in [-0.1, -0.05) is 77.7 Å². The summed E-state index contributed by atoms with van der Waals surface area (Å²) in [6.07, 6.45) is 0.362. The van der Waals surface area contributed by atoms with Crippen molar-refractivity contribution in [1.82, 2.24) is 19.5 Å². The first-order chi connectivity index (χ1) is 33.7. The minimum absolute atomic E-state index is 0. The average Bonchev–Trinajstić information content (AvgIpc) is 4.05. The van der Waals surface area contributed by atoms with E-state index in [1.807, 2.05) is 98.9 Å². The van der Waals surface area contributed by atoms with E-state index < -0.39 is 33.3 Å². The molecule has 0 aliphatic heterocycles. The molecule has 0 unspecified atom stereocenters. The van der Waals surface area contributed by atoms with Crippen LogP contribution in [-0.4, -0.2) is 32.8 Å². The third kappa shape index (κ3) is 8.16. The normalized spacial score (nSPS) is 14.2. The van der Waals surface area contributed by atoms with Crippen LogP contribution in [0.3, 0.4) is 0 Å². The zero-order chi connectivity index (χ0) is 50.2. The quantitative estimate of drug-likeness (QED) is 0.118. The van der Waals surface area contributed by atoms with Crippen LogP contribution in [-0.2, 0) is 26.5 Å². The molecule has 5 heterocycles. The predicted molar refractivity (Wildman–Crippen MR) is 268 cm³/mol. The molecule has 0 N–H and O–H groups in total. The summed E-state index contributed by atoms with van der Waals surface area (Å²) in [5.41, 5.74) is 9.65. The Morgan fingerprint density at radius 1 is 0.812 bits per heavy atom. The molecule has 0 aliphatic rings. The summed E-state index contributed by atoms with van der Waals surface area (Å²) in [4.78, 5) is 15.0. The van der Waals surface area contributed by atoms with Crippen molar-refractivity contribution in [2.75, 3.05) is 0 Å². The molecule has 0 atom stereocenters. The van der Waals surface area contributed by atoms with Crippen LogP contribution < -0.4 is 4.40 Å². The summed E-state index contributed by atoms with van der Waals surface area (Å²) in [6.45, 7) is -0.669. The summed E-state index contributed by atoms with van der Waals surface area (Å²) < 4.78 is 74.0. The predicted octanol–water partition coefficient (Wildman–Crippen LogP) is 14.7. The first-order valence-corrected chi connectivity index (χ1v) is 29.1. The van der Waals surface area contributed by atoms with Gasteiger partial charge in [0.25, 0.3) is 0 Å². The van der Waals surface area contributed by atoms with Crippen LogP contribution in [0, 0.1) is 31.8 Å².